The van der Waals surface area contributed by atoms with Crippen molar-refractivity contribution in [3.63, 3.8) is 0 Å². The lowest BCUT2D eigenvalue weighted by atomic mass is 10.0. The molecule has 9 nitrogen and oxygen atoms in total. The van der Waals surface area contributed by atoms with Crippen LogP contribution in [0, 0.1) is 0 Å². The highest BCUT2D eigenvalue weighted by atomic mass is 19.3. The molecule has 198 valence electrons. The summed E-state index contributed by atoms with van der Waals surface area (Å²) >= 11 is 0. The van der Waals surface area contributed by atoms with Gasteiger partial charge in [0.2, 0.25) is 6.23 Å². The molecule has 3 N–H and O–H groups in total. The molecule has 0 unspecified atom stereocenters. The standard InChI is InChI=1S/C24H37F2N3O6/c25-24(26)21(32)18(35-22(24)29-15-14-19(27)28-23(29)33)17-34-20(31)13-11-9-7-5-3-1-2-4-6-8-10-12-16-30/h14-16,18,21-22,32H,1-13,17H2,(H2,27,28,33)/t18-,21-,22-/m1/s1. The maximum absolute atomic E-state index is 14.5. The Bertz CT molecular complexity index is 851. The van der Waals surface area contributed by atoms with Crippen molar-refractivity contribution in [1.29, 1.82) is 0 Å². The molecule has 0 spiro atoms. The predicted octanol–water partition coefficient (Wildman–Crippen LogP) is 3.53. The molecule has 1 aromatic heterocycles. The lowest BCUT2D eigenvalue weighted by Crippen LogP contribution is -2.42. The average Bonchev–Trinajstić information content (AvgIpc) is 3.04. The summed E-state index contributed by atoms with van der Waals surface area (Å²) in [6.07, 6.45) is 8.61. The topological polar surface area (TPSA) is 134 Å². The minimum Gasteiger partial charge on any atom is -0.463 e. The molecule has 1 aliphatic heterocycles. The molecule has 35 heavy (non-hydrogen) atoms. The lowest BCUT2D eigenvalue weighted by molar-refractivity contribution is -0.150. The number of esters is 1. The van der Waals surface area contributed by atoms with Crippen LogP contribution < -0.4 is 11.4 Å². The zero-order valence-electron chi connectivity index (χ0n) is 20.1. The van der Waals surface area contributed by atoms with Gasteiger partial charge in [0, 0.05) is 19.0 Å². The van der Waals surface area contributed by atoms with E-state index < -0.39 is 42.6 Å². The zero-order chi connectivity index (χ0) is 25.7. The number of alkyl halides is 2. The number of aliphatic hydroxyl groups excluding tert-OH is 1. The highest BCUT2D eigenvalue weighted by Crippen LogP contribution is 2.42. The van der Waals surface area contributed by atoms with Crippen molar-refractivity contribution in [2.75, 3.05) is 12.3 Å². The summed E-state index contributed by atoms with van der Waals surface area (Å²) in [4.78, 5) is 37.5. The fourth-order valence-corrected chi connectivity index (χ4v) is 4.05. The number of anilines is 1. The quantitative estimate of drug-likeness (QED) is 0.188. The molecule has 11 heteroatoms. The number of unbranched alkanes of at least 4 members (excludes halogenated alkanes) is 11. The second-order valence-electron chi connectivity index (χ2n) is 8.97. The smallest absolute Gasteiger partial charge is 0.351 e. The number of aldehydes is 1. The first kappa shape index (κ1) is 28.8. The molecule has 1 aliphatic rings. The van der Waals surface area contributed by atoms with Gasteiger partial charge in [-0.15, -0.1) is 0 Å². The van der Waals surface area contributed by atoms with E-state index in [1.54, 1.807) is 0 Å². The van der Waals surface area contributed by atoms with Gasteiger partial charge in [-0.3, -0.25) is 9.36 Å². The van der Waals surface area contributed by atoms with Crippen molar-refractivity contribution in [2.45, 2.75) is 108 Å². The normalized spacial score (nSPS) is 21.2. The molecule has 0 amide bonds. The summed E-state index contributed by atoms with van der Waals surface area (Å²) in [5, 5.41) is 9.97. The summed E-state index contributed by atoms with van der Waals surface area (Å²) in [5.74, 6) is -4.46. The zero-order valence-corrected chi connectivity index (χ0v) is 20.1. The predicted molar refractivity (Wildman–Crippen MR) is 125 cm³/mol. The van der Waals surface area contributed by atoms with E-state index in [-0.39, 0.29) is 12.2 Å². The Labute approximate surface area is 204 Å². The number of carbonyl (C=O) groups excluding carboxylic acids is 2. The summed E-state index contributed by atoms with van der Waals surface area (Å²) in [7, 11) is 0. The van der Waals surface area contributed by atoms with Crippen LogP contribution in [0.4, 0.5) is 14.6 Å². The molecule has 3 atom stereocenters. The maximum atomic E-state index is 14.5. The number of rotatable bonds is 17. The Morgan fingerprint density at radius 1 is 1.11 bits per heavy atom. The van der Waals surface area contributed by atoms with E-state index >= 15 is 0 Å². The second kappa shape index (κ2) is 14.9. The molecule has 1 aromatic rings. The van der Waals surface area contributed by atoms with Crippen molar-refractivity contribution in [1.82, 2.24) is 9.55 Å². The second-order valence-corrected chi connectivity index (χ2v) is 8.97. The van der Waals surface area contributed by atoms with Crippen LogP contribution in [0.1, 0.15) is 89.7 Å². The first-order valence-corrected chi connectivity index (χ1v) is 12.4. The summed E-state index contributed by atoms with van der Waals surface area (Å²) in [6, 6.07) is 1.17. The largest absolute Gasteiger partial charge is 0.463 e. The molecular weight excluding hydrogens is 464 g/mol. The molecule has 0 aliphatic carbocycles. The van der Waals surface area contributed by atoms with E-state index in [0.29, 0.717) is 17.4 Å². The van der Waals surface area contributed by atoms with Gasteiger partial charge in [0.25, 0.3) is 0 Å². The number of hydrogen-bond donors (Lipinski definition) is 2. The van der Waals surface area contributed by atoms with Gasteiger partial charge in [-0.25, -0.2) is 4.79 Å². The molecule has 1 fully saturated rings. The third kappa shape index (κ3) is 9.29. The van der Waals surface area contributed by atoms with E-state index in [2.05, 4.69) is 4.98 Å². The Balaban J connectivity index is 1.58. The average molecular weight is 502 g/mol. The van der Waals surface area contributed by atoms with Gasteiger partial charge in [0.1, 0.15) is 24.8 Å². The van der Waals surface area contributed by atoms with Gasteiger partial charge in [-0.1, -0.05) is 57.8 Å². The highest BCUT2D eigenvalue weighted by molar-refractivity contribution is 5.69. The molecule has 0 bridgehead atoms. The van der Waals surface area contributed by atoms with Crippen LogP contribution in [0.2, 0.25) is 0 Å². The van der Waals surface area contributed by atoms with Gasteiger partial charge in [0.05, 0.1) is 0 Å². The Kier molecular flexibility index (Phi) is 12.3. The molecule has 0 aromatic carbocycles. The number of nitrogens with two attached hydrogens (primary N) is 1. The molecule has 2 heterocycles. The molecular formula is C24H37F2N3O6. The number of nitrogens with zero attached hydrogens (tertiary/aromatic N) is 2. The SMILES string of the molecule is Nc1ccn([C@@H]2O[C@H](COC(=O)CCCCCCCCCCCCCC=O)[C@@H](O)C2(F)F)c(=O)n1. The number of ether oxygens (including phenoxy) is 2. The summed E-state index contributed by atoms with van der Waals surface area (Å²) in [5.41, 5.74) is 4.33. The first-order chi connectivity index (χ1) is 16.8. The minimum atomic E-state index is -3.78. The monoisotopic (exact) mass is 501 g/mol. The van der Waals surface area contributed by atoms with Crippen molar-refractivity contribution in [2.24, 2.45) is 0 Å². The fraction of sp³-hybridized carbons (Fsp3) is 0.750. The van der Waals surface area contributed by atoms with Gasteiger partial charge < -0.3 is 25.1 Å². The van der Waals surface area contributed by atoms with E-state index in [0.717, 1.165) is 51.0 Å². The van der Waals surface area contributed by atoms with E-state index in [4.69, 9.17) is 15.2 Å². The third-order valence-corrected chi connectivity index (χ3v) is 6.10. The lowest BCUT2D eigenvalue weighted by Gasteiger charge is -2.20. The number of halogens is 2. The van der Waals surface area contributed by atoms with Gasteiger partial charge in [-0.2, -0.15) is 13.8 Å². The van der Waals surface area contributed by atoms with Crippen LogP contribution in [-0.2, 0) is 19.1 Å². The van der Waals surface area contributed by atoms with Gasteiger partial charge >= 0.3 is 17.6 Å². The summed E-state index contributed by atoms with van der Waals surface area (Å²) < 4.78 is 39.7. The number of nitrogen functional groups attached to an aromatic ring is 1. The highest BCUT2D eigenvalue weighted by Gasteiger charge is 2.60. The van der Waals surface area contributed by atoms with E-state index in [1.165, 1.54) is 31.7 Å². The molecule has 0 radical (unpaired) electrons. The Hall–Kier alpha value is -2.40. The maximum Gasteiger partial charge on any atom is 0.351 e. The van der Waals surface area contributed by atoms with Crippen LogP contribution >= 0.6 is 0 Å². The van der Waals surface area contributed by atoms with Crippen LogP contribution in [0.5, 0.6) is 0 Å². The van der Waals surface area contributed by atoms with Gasteiger partial charge in [0.15, 0.2) is 6.10 Å². The van der Waals surface area contributed by atoms with Crippen LogP contribution in [0.25, 0.3) is 0 Å². The van der Waals surface area contributed by atoms with Crippen LogP contribution in [-0.4, -0.2) is 51.7 Å². The van der Waals surface area contributed by atoms with Crippen molar-refractivity contribution < 1.29 is 33.0 Å². The van der Waals surface area contributed by atoms with Crippen molar-refractivity contribution in [3.8, 4) is 0 Å². The van der Waals surface area contributed by atoms with Crippen molar-refractivity contribution >= 4 is 18.1 Å². The molecule has 0 saturated carbocycles. The number of aliphatic hydroxyl groups is 1. The molecule has 1 saturated heterocycles. The van der Waals surface area contributed by atoms with E-state index in [9.17, 15) is 28.3 Å². The van der Waals surface area contributed by atoms with Crippen LogP contribution in [0.15, 0.2) is 17.1 Å². The third-order valence-electron chi connectivity index (χ3n) is 6.10. The molecule has 2 rings (SSSR count). The number of aromatic nitrogens is 2. The summed E-state index contributed by atoms with van der Waals surface area (Å²) in [6.45, 7) is -0.543. The number of hydrogen-bond acceptors (Lipinski definition) is 8. The minimum absolute atomic E-state index is 0.128. The number of carbonyl (C=O) groups is 2. The van der Waals surface area contributed by atoms with Crippen molar-refractivity contribution in [3.05, 3.63) is 22.7 Å². The van der Waals surface area contributed by atoms with Crippen LogP contribution in [0.3, 0.4) is 0 Å². The fourth-order valence-electron chi connectivity index (χ4n) is 4.05. The van der Waals surface area contributed by atoms with Gasteiger partial charge in [-0.05, 0) is 18.9 Å². The Morgan fingerprint density at radius 2 is 1.69 bits per heavy atom. The first-order valence-electron chi connectivity index (χ1n) is 12.4. The van der Waals surface area contributed by atoms with E-state index in [1.807, 2.05) is 0 Å². The Morgan fingerprint density at radius 3 is 2.26 bits per heavy atom.